The predicted molar refractivity (Wildman–Crippen MR) is 107 cm³/mol. The van der Waals surface area contributed by atoms with Crippen LogP contribution in [0.4, 0.5) is 0 Å². The van der Waals surface area contributed by atoms with Gasteiger partial charge in [-0.2, -0.15) is 0 Å². The molecule has 172 valence electrons. The van der Waals surface area contributed by atoms with Crippen molar-refractivity contribution in [2.24, 2.45) is 11.7 Å². The van der Waals surface area contributed by atoms with Gasteiger partial charge in [0.1, 0.15) is 24.2 Å². The van der Waals surface area contributed by atoms with Gasteiger partial charge in [-0.15, -0.1) is 0 Å². The van der Waals surface area contributed by atoms with Gasteiger partial charge in [-0.25, -0.2) is 4.79 Å². The van der Waals surface area contributed by atoms with E-state index in [-0.39, 0.29) is 18.9 Å². The van der Waals surface area contributed by atoms with Gasteiger partial charge in [0, 0.05) is 6.54 Å². The highest BCUT2D eigenvalue weighted by molar-refractivity contribution is 5.94. The lowest BCUT2D eigenvalue weighted by atomic mass is 10.0. The molecule has 1 rings (SSSR count). The van der Waals surface area contributed by atoms with Crippen molar-refractivity contribution in [1.82, 2.24) is 15.5 Å². The molecule has 0 aromatic rings. The number of hydrogen-bond acceptors (Lipinski definition) is 7. The minimum Gasteiger partial charge on any atom is -0.480 e. The van der Waals surface area contributed by atoms with Gasteiger partial charge in [-0.3, -0.25) is 14.4 Å². The summed E-state index contributed by atoms with van der Waals surface area (Å²) < 4.78 is 0. The molecule has 1 aliphatic rings. The van der Waals surface area contributed by atoms with Crippen molar-refractivity contribution in [3.8, 4) is 0 Å². The fourth-order valence-corrected chi connectivity index (χ4v) is 3.31. The quantitative estimate of drug-likeness (QED) is 0.234. The molecule has 1 heterocycles. The van der Waals surface area contributed by atoms with Crippen LogP contribution in [0.2, 0.25) is 0 Å². The molecule has 0 aliphatic carbocycles. The van der Waals surface area contributed by atoms with Crippen LogP contribution in [0.25, 0.3) is 0 Å². The monoisotopic (exact) mass is 430 g/mol. The highest BCUT2D eigenvalue weighted by atomic mass is 16.4. The molecule has 7 N–H and O–H groups in total. The molecule has 30 heavy (non-hydrogen) atoms. The summed E-state index contributed by atoms with van der Waals surface area (Å²) in [7, 11) is 0. The number of aliphatic hydroxyl groups excluding tert-OH is 2. The fourth-order valence-electron chi connectivity index (χ4n) is 3.31. The van der Waals surface area contributed by atoms with Crippen LogP contribution in [0, 0.1) is 5.92 Å². The second-order valence-electron chi connectivity index (χ2n) is 8.21. The largest absolute Gasteiger partial charge is 0.480 e. The number of hydrogen-bond donors (Lipinski definition) is 6. The molecule has 0 radical (unpaired) electrons. The lowest BCUT2D eigenvalue weighted by Crippen LogP contribution is -2.60. The van der Waals surface area contributed by atoms with E-state index in [1.54, 1.807) is 13.8 Å². The van der Waals surface area contributed by atoms with Crippen LogP contribution in [0.1, 0.15) is 47.0 Å². The first kappa shape index (κ1) is 25.8. The number of carbonyl (C=O) groups excluding carboxylic acids is 3. The number of nitrogens with two attached hydrogens (primary N) is 1. The van der Waals surface area contributed by atoms with Gasteiger partial charge in [0.15, 0.2) is 0 Å². The molecule has 6 atom stereocenters. The fraction of sp³-hybridized carbons (Fsp3) is 0.789. The number of nitrogens with zero attached hydrogens (tertiary/aromatic N) is 1. The molecule has 0 saturated carbocycles. The average Bonchev–Trinajstić information content (AvgIpc) is 3.12. The normalized spacial score (nSPS) is 21.5. The second-order valence-corrected chi connectivity index (χ2v) is 8.21. The predicted octanol–water partition coefficient (Wildman–Crippen LogP) is -1.83. The van der Waals surface area contributed by atoms with Crippen molar-refractivity contribution in [3.05, 3.63) is 0 Å². The van der Waals surface area contributed by atoms with Crippen LogP contribution in [0.3, 0.4) is 0 Å². The van der Waals surface area contributed by atoms with E-state index >= 15 is 0 Å². The first-order valence-corrected chi connectivity index (χ1v) is 10.1. The standard InChI is InChI=1S/C19H34N4O7/c1-9(2)8-12(19(29)30)21-17(27)15(11(4)25)22-16(26)13-6-5-7-23(13)18(28)14(20)10(3)24/h9-15,24-25H,5-8,20H2,1-4H3,(H,21,27)(H,22,26)(H,29,30). The van der Waals surface area contributed by atoms with Crippen molar-refractivity contribution < 1.29 is 34.5 Å². The van der Waals surface area contributed by atoms with E-state index < -0.39 is 60.1 Å². The summed E-state index contributed by atoms with van der Waals surface area (Å²) in [5, 5.41) is 33.6. The Morgan fingerprint density at radius 3 is 2.13 bits per heavy atom. The van der Waals surface area contributed by atoms with Crippen LogP contribution >= 0.6 is 0 Å². The summed E-state index contributed by atoms with van der Waals surface area (Å²) in [5.41, 5.74) is 5.69. The lowest BCUT2D eigenvalue weighted by molar-refractivity contribution is -0.144. The van der Waals surface area contributed by atoms with E-state index in [0.29, 0.717) is 12.8 Å². The number of likely N-dealkylation sites (tertiary alicyclic amines) is 1. The molecule has 1 saturated heterocycles. The van der Waals surface area contributed by atoms with Crippen LogP contribution in [0.15, 0.2) is 0 Å². The number of carboxylic acid groups (broad SMARTS) is 1. The molecule has 1 fully saturated rings. The summed E-state index contributed by atoms with van der Waals surface area (Å²) in [6.45, 7) is 6.55. The zero-order valence-corrected chi connectivity index (χ0v) is 17.9. The van der Waals surface area contributed by atoms with Crippen molar-refractivity contribution in [2.45, 2.75) is 83.3 Å². The topological polar surface area (TPSA) is 182 Å². The molecular weight excluding hydrogens is 396 g/mol. The summed E-state index contributed by atoms with van der Waals surface area (Å²) >= 11 is 0. The minimum absolute atomic E-state index is 0.00201. The minimum atomic E-state index is -1.39. The molecule has 0 spiro atoms. The molecule has 1 aliphatic heterocycles. The van der Waals surface area contributed by atoms with Crippen molar-refractivity contribution in [2.75, 3.05) is 6.54 Å². The number of carboxylic acids is 1. The Labute approximate surface area is 176 Å². The Morgan fingerprint density at radius 2 is 1.67 bits per heavy atom. The maximum atomic E-state index is 12.8. The maximum Gasteiger partial charge on any atom is 0.326 e. The van der Waals surface area contributed by atoms with Gasteiger partial charge >= 0.3 is 5.97 Å². The van der Waals surface area contributed by atoms with Crippen LogP contribution in [-0.2, 0) is 19.2 Å². The van der Waals surface area contributed by atoms with E-state index in [2.05, 4.69) is 10.6 Å². The summed E-state index contributed by atoms with van der Waals surface area (Å²) in [6.07, 6.45) is -1.33. The average molecular weight is 431 g/mol. The highest BCUT2D eigenvalue weighted by Crippen LogP contribution is 2.19. The maximum absolute atomic E-state index is 12.8. The molecule has 3 amide bonds. The first-order valence-electron chi connectivity index (χ1n) is 10.1. The van der Waals surface area contributed by atoms with Gasteiger partial charge in [-0.05, 0) is 39.0 Å². The van der Waals surface area contributed by atoms with E-state index in [1.807, 2.05) is 0 Å². The third kappa shape index (κ3) is 6.92. The summed E-state index contributed by atoms with van der Waals surface area (Å²) in [5.74, 6) is -3.28. The van der Waals surface area contributed by atoms with E-state index in [0.717, 1.165) is 0 Å². The number of carbonyl (C=O) groups is 4. The lowest BCUT2D eigenvalue weighted by Gasteiger charge is -2.30. The van der Waals surface area contributed by atoms with E-state index in [4.69, 9.17) is 5.73 Å². The van der Waals surface area contributed by atoms with Gasteiger partial charge in [0.2, 0.25) is 17.7 Å². The Balaban J connectivity index is 2.89. The third-order valence-electron chi connectivity index (χ3n) is 5.03. The Hall–Kier alpha value is -2.24. The number of rotatable bonds is 10. The van der Waals surface area contributed by atoms with Crippen molar-refractivity contribution >= 4 is 23.7 Å². The van der Waals surface area contributed by atoms with Crippen LogP contribution < -0.4 is 16.4 Å². The van der Waals surface area contributed by atoms with Gasteiger partial charge in [-0.1, -0.05) is 13.8 Å². The van der Waals surface area contributed by atoms with Gasteiger partial charge < -0.3 is 36.6 Å². The number of aliphatic hydroxyl groups is 2. The van der Waals surface area contributed by atoms with Gasteiger partial charge in [0.25, 0.3) is 0 Å². The molecule has 11 nitrogen and oxygen atoms in total. The Bertz CT molecular complexity index is 638. The van der Waals surface area contributed by atoms with Crippen LogP contribution in [-0.4, -0.2) is 86.8 Å². The highest BCUT2D eigenvalue weighted by Gasteiger charge is 2.39. The number of amides is 3. The van der Waals surface area contributed by atoms with Crippen LogP contribution in [0.5, 0.6) is 0 Å². The Kier molecular flexibility index (Phi) is 9.66. The zero-order chi connectivity index (χ0) is 23.2. The second kappa shape index (κ2) is 11.2. The van der Waals surface area contributed by atoms with Crippen molar-refractivity contribution in [1.29, 1.82) is 0 Å². The molecular formula is C19H34N4O7. The molecule has 11 heteroatoms. The first-order chi connectivity index (χ1) is 13.9. The van der Waals surface area contributed by atoms with E-state index in [1.165, 1.54) is 18.7 Å². The van der Waals surface area contributed by atoms with Crippen molar-refractivity contribution in [3.63, 3.8) is 0 Å². The third-order valence-corrected chi connectivity index (χ3v) is 5.03. The zero-order valence-electron chi connectivity index (χ0n) is 17.9. The number of aliphatic carboxylic acids is 1. The van der Waals surface area contributed by atoms with Gasteiger partial charge in [0.05, 0.1) is 12.2 Å². The van der Waals surface area contributed by atoms with E-state index in [9.17, 15) is 34.5 Å². The summed E-state index contributed by atoms with van der Waals surface area (Å²) in [6, 6.07) is -4.64. The molecule has 0 aromatic carbocycles. The smallest absolute Gasteiger partial charge is 0.326 e. The SMILES string of the molecule is CC(C)CC(NC(=O)C(NC(=O)C1CCCN1C(=O)C(N)C(C)O)C(C)O)C(=O)O. The molecule has 0 aromatic heterocycles. The molecule has 6 unspecified atom stereocenters. The Morgan fingerprint density at radius 1 is 1.07 bits per heavy atom. The number of nitrogens with one attached hydrogen (secondary N) is 2. The molecule has 0 bridgehead atoms. The summed E-state index contributed by atoms with van der Waals surface area (Å²) in [4.78, 5) is 50.4.